The standard InChI is InChI=1S/C41H47ClN6O6/c1-46(27-14-11-25(12-15-27)41(50)51)23-26-13-16-34(44-39(26)53-3)31-9-5-8-30(38(31)42)29-7-6-10-35-32(29)22-43-48(35)37-21-36(52-2)33(40(45-37)54-4)24-47-19-17-28(49)18-20-47/h5-10,13,16,21-22,25,27-28,49H,11-12,14-15,17-20,23-24H2,1-4H3,(H,50,51). The molecule has 284 valence electrons. The maximum atomic E-state index is 11.4. The van der Waals surface area contributed by atoms with Crippen LogP contribution in [0.1, 0.15) is 49.7 Å². The number of fused-ring (bicyclic) bond motifs is 1. The van der Waals surface area contributed by atoms with E-state index in [1.807, 2.05) is 60.8 Å². The predicted molar refractivity (Wildman–Crippen MR) is 208 cm³/mol. The first-order valence-corrected chi connectivity index (χ1v) is 18.8. The predicted octanol–water partition coefficient (Wildman–Crippen LogP) is 6.86. The van der Waals surface area contributed by atoms with Crippen LogP contribution in [-0.2, 0) is 17.9 Å². The lowest BCUT2D eigenvalue weighted by molar-refractivity contribution is -0.143. The average Bonchev–Trinajstić information content (AvgIpc) is 3.64. The molecule has 3 aromatic heterocycles. The van der Waals surface area contributed by atoms with Gasteiger partial charge in [0, 0.05) is 60.4 Å². The fourth-order valence-corrected chi connectivity index (χ4v) is 8.23. The molecule has 0 radical (unpaired) electrons. The van der Waals surface area contributed by atoms with Crippen LogP contribution in [0.15, 0.2) is 60.8 Å². The van der Waals surface area contributed by atoms with Gasteiger partial charge in [-0.2, -0.15) is 10.1 Å². The zero-order valence-electron chi connectivity index (χ0n) is 31.2. The maximum Gasteiger partial charge on any atom is 0.306 e. The Kier molecular flexibility index (Phi) is 11.4. The highest BCUT2D eigenvalue weighted by Gasteiger charge is 2.29. The minimum atomic E-state index is -0.695. The van der Waals surface area contributed by atoms with Gasteiger partial charge in [0.2, 0.25) is 11.8 Å². The lowest BCUT2D eigenvalue weighted by atomic mass is 9.85. The van der Waals surface area contributed by atoms with Crippen molar-refractivity contribution in [1.82, 2.24) is 29.5 Å². The fraction of sp³-hybridized carbons (Fsp3) is 0.415. The Morgan fingerprint density at radius 2 is 1.59 bits per heavy atom. The van der Waals surface area contributed by atoms with E-state index in [0.29, 0.717) is 66.0 Å². The topological polar surface area (TPSA) is 135 Å². The van der Waals surface area contributed by atoms with Crippen molar-refractivity contribution in [2.45, 2.75) is 63.8 Å². The first-order valence-electron chi connectivity index (χ1n) is 18.4. The molecule has 12 nitrogen and oxygen atoms in total. The smallest absolute Gasteiger partial charge is 0.306 e. The number of hydrogen-bond donors (Lipinski definition) is 2. The number of methoxy groups -OCH3 is 3. The summed E-state index contributed by atoms with van der Waals surface area (Å²) in [5, 5.41) is 25.6. The van der Waals surface area contributed by atoms with E-state index in [0.717, 1.165) is 77.5 Å². The highest BCUT2D eigenvalue weighted by Crippen LogP contribution is 2.40. The van der Waals surface area contributed by atoms with Crippen molar-refractivity contribution in [3.05, 3.63) is 76.9 Å². The molecule has 0 atom stereocenters. The first-order chi connectivity index (χ1) is 26.2. The number of hydrogen-bond acceptors (Lipinski definition) is 10. The number of pyridine rings is 2. The second-order valence-electron chi connectivity index (χ2n) is 14.3. The Bertz CT molecular complexity index is 2100. The fourth-order valence-electron chi connectivity index (χ4n) is 7.90. The number of carbonyl (C=O) groups is 1. The van der Waals surface area contributed by atoms with Crippen LogP contribution in [-0.4, -0.2) is 99.3 Å². The Hall–Kier alpha value is -4.75. The summed E-state index contributed by atoms with van der Waals surface area (Å²) >= 11 is 7.22. The van der Waals surface area contributed by atoms with E-state index in [1.165, 1.54) is 0 Å². The number of piperidine rings is 1. The van der Waals surface area contributed by atoms with Gasteiger partial charge in [-0.15, -0.1) is 0 Å². The van der Waals surface area contributed by atoms with E-state index in [4.69, 9.17) is 40.9 Å². The number of ether oxygens (including phenoxy) is 3. The number of aliphatic hydroxyl groups is 1. The van der Waals surface area contributed by atoms with Crippen molar-refractivity contribution < 1.29 is 29.2 Å². The summed E-state index contributed by atoms with van der Waals surface area (Å²) in [5.41, 5.74) is 5.87. The first kappa shape index (κ1) is 37.6. The number of aliphatic hydroxyl groups excluding tert-OH is 1. The molecule has 0 bridgehead atoms. The van der Waals surface area contributed by atoms with Gasteiger partial charge in [0.05, 0.1) is 61.3 Å². The molecule has 1 saturated heterocycles. The molecule has 2 aromatic carbocycles. The van der Waals surface area contributed by atoms with Crippen LogP contribution < -0.4 is 14.2 Å². The van der Waals surface area contributed by atoms with Gasteiger partial charge in [-0.1, -0.05) is 48.0 Å². The van der Waals surface area contributed by atoms with Gasteiger partial charge in [-0.25, -0.2) is 9.67 Å². The highest BCUT2D eigenvalue weighted by atomic mass is 35.5. The van der Waals surface area contributed by atoms with Crippen LogP contribution in [0.4, 0.5) is 0 Å². The van der Waals surface area contributed by atoms with E-state index in [-0.39, 0.29) is 12.0 Å². The van der Waals surface area contributed by atoms with Gasteiger partial charge in [-0.05, 0) is 63.3 Å². The second-order valence-corrected chi connectivity index (χ2v) is 14.6. The third kappa shape index (κ3) is 7.61. The summed E-state index contributed by atoms with van der Waals surface area (Å²) in [7, 11) is 6.95. The summed E-state index contributed by atoms with van der Waals surface area (Å²) in [6.07, 6.45) is 6.14. The molecule has 1 aliphatic heterocycles. The summed E-state index contributed by atoms with van der Waals surface area (Å²) < 4.78 is 19.2. The van der Waals surface area contributed by atoms with Crippen LogP contribution in [0.25, 0.3) is 39.1 Å². The van der Waals surface area contributed by atoms with E-state index in [2.05, 4.69) is 16.8 Å². The highest BCUT2D eigenvalue weighted by molar-refractivity contribution is 6.36. The van der Waals surface area contributed by atoms with Crippen LogP contribution in [0, 0.1) is 5.92 Å². The summed E-state index contributed by atoms with van der Waals surface area (Å²) in [4.78, 5) is 25.8. The Balaban J connectivity index is 1.16. The number of aliphatic carboxylic acids is 1. The SMILES string of the molecule is COc1cc(-n2ncc3c(-c4cccc(-c5ccc(CN(C)C6CCC(C(=O)O)CC6)c(OC)n5)c4Cl)cccc32)nc(OC)c1CN1CCC(O)CC1. The maximum absolute atomic E-state index is 11.4. The Morgan fingerprint density at radius 1 is 0.889 bits per heavy atom. The molecule has 5 aromatic rings. The number of carboxylic acid groups (broad SMARTS) is 1. The monoisotopic (exact) mass is 754 g/mol. The van der Waals surface area contributed by atoms with Crippen molar-refractivity contribution in [3.63, 3.8) is 0 Å². The molecule has 1 aliphatic carbocycles. The van der Waals surface area contributed by atoms with E-state index >= 15 is 0 Å². The largest absolute Gasteiger partial charge is 0.496 e. The molecule has 2 fully saturated rings. The number of aromatic nitrogens is 4. The van der Waals surface area contributed by atoms with E-state index in [1.54, 1.807) is 26.0 Å². The molecule has 4 heterocycles. The Labute approximate surface area is 320 Å². The third-order valence-electron chi connectivity index (χ3n) is 11.0. The van der Waals surface area contributed by atoms with Crippen molar-refractivity contribution in [3.8, 4) is 45.7 Å². The van der Waals surface area contributed by atoms with Crippen LogP contribution in [0.2, 0.25) is 5.02 Å². The lowest BCUT2D eigenvalue weighted by Crippen LogP contribution is -2.36. The number of benzene rings is 2. The molecular weight excluding hydrogens is 708 g/mol. The van der Waals surface area contributed by atoms with Crippen molar-refractivity contribution in [1.29, 1.82) is 0 Å². The molecule has 1 saturated carbocycles. The van der Waals surface area contributed by atoms with Crippen molar-refractivity contribution in [2.24, 2.45) is 5.92 Å². The van der Waals surface area contributed by atoms with Crippen LogP contribution in [0.5, 0.6) is 17.5 Å². The zero-order chi connectivity index (χ0) is 37.9. The van der Waals surface area contributed by atoms with E-state index in [9.17, 15) is 15.0 Å². The molecule has 2 aliphatic rings. The number of halogens is 1. The van der Waals surface area contributed by atoms with E-state index < -0.39 is 5.97 Å². The third-order valence-corrected chi connectivity index (χ3v) is 11.4. The molecule has 7 rings (SSSR count). The Morgan fingerprint density at radius 3 is 2.30 bits per heavy atom. The van der Waals surface area contributed by atoms with Crippen LogP contribution in [0.3, 0.4) is 0 Å². The van der Waals surface area contributed by atoms with Crippen molar-refractivity contribution >= 4 is 28.5 Å². The molecule has 2 N–H and O–H groups in total. The second kappa shape index (κ2) is 16.3. The molecule has 54 heavy (non-hydrogen) atoms. The summed E-state index contributed by atoms with van der Waals surface area (Å²) in [5.74, 6) is 1.27. The minimum absolute atomic E-state index is 0.246. The van der Waals surface area contributed by atoms with Gasteiger partial charge in [0.25, 0.3) is 0 Å². The van der Waals surface area contributed by atoms with Crippen LogP contribution >= 0.6 is 11.6 Å². The zero-order valence-corrected chi connectivity index (χ0v) is 31.9. The molecule has 13 heteroatoms. The molecular formula is C41H47ClN6O6. The number of nitrogens with zero attached hydrogens (tertiary/aromatic N) is 6. The average molecular weight is 755 g/mol. The number of rotatable bonds is 12. The van der Waals surface area contributed by atoms with Gasteiger partial charge in [0.15, 0.2) is 5.82 Å². The molecule has 0 spiro atoms. The summed E-state index contributed by atoms with van der Waals surface area (Å²) in [6.45, 7) is 2.81. The normalized spacial score (nSPS) is 18.3. The number of likely N-dealkylation sites (tertiary alicyclic amines) is 1. The quantitative estimate of drug-likeness (QED) is 0.138. The molecule has 0 amide bonds. The molecule has 0 unspecified atom stereocenters. The lowest BCUT2D eigenvalue weighted by Gasteiger charge is -2.33. The number of carboxylic acids is 1. The van der Waals surface area contributed by atoms with Gasteiger partial charge in [0.1, 0.15) is 5.75 Å². The minimum Gasteiger partial charge on any atom is -0.496 e. The summed E-state index contributed by atoms with van der Waals surface area (Å²) in [6, 6.07) is 18.1. The van der Waals surface area contributed by atoms with Gasteiger partial charge in [-0.3, -0.25) is 14.6 Å². The van der Waals surface area contributed by atoms with Gasteiger partial charge < -0.3 is 24.4 Å². The van der Waals surface area contributed by atoms with Gasteiger partial charge >= 0.3 is 5.97 Å². The van der Waals surface area contributed by atoms with Crippen molar-refractivity contribution in [2.75, 3.05) is 41.5 Å².